The zero-order chi connectivity index (χ0) is 16.4. The van der Waals surface area contributed by atoms with Gasteiger partial charge in [-0.2, -0.15) is 5.26 Å². The third kappa shape index (κ3) is 4.04. The molecule has 7 heteroatoms. The molecule has 0 amide bonds. The van der Waals surface area contributed by atoms with Crippen LogP contribution < -0.4 is 10.5 Å². The summed E-state index contributed by atoms with van der Waals surface area (Å²) in [4.78, 5) is 0.220. The number of nitriles is 1. The number of rotatable bonds is 4. The van der Waals surface area contributed by atoms with Crippen molar-refractivity contribution in [1.82, 2.24) is 4.72 Å². The molecule has 128 valence electrons. The first kappa shape index (κ1) is 19.9. The molecule has 1 saturated carbocycles. The fraction of sp³-hybridized carbons (Fsp3) is 0.562. The number of aryl methyl sites for hydroxylation is 1. The average molecular weight is 358 g/mol. The van der Waals surface area contributed by atoms with Crippen molar-refractivity contribution in [3.05, 3.63) is 29.3 Å². The van der Waals surface area contributed by atoms with Crippen LogP contribution in [0.1, 0.15) is 43.7 Å². The number of halogens is 1. The largest absolute Gasteiger partial charge is 0.329 e. The molecule has 5 nitrogen and oxygen atoms in total. The minimum atomic E-state index is -3.66. The summed E-state index contributed by atoms with van der Waals surface area (Å²) in [7, 11) is -3.66. The second kappa shape index (κ2) is 7.63. The minimum absolute atomic E-state index is 0. The van der Waals surface area contributed by atoms with E-state index in [9.17, 15) is 8.42 Å². The van der Waals surface area contributed by atoms with Gasteiger partial charge in [-0.1, -0.05) is 19.8 Å². The Hall–Kier alpha value is -1.13. The highest BCUT2D eigenvalue weighted by Crippen LogP contribution is 2.34. The van der Waals surface area contributed by atoms with E-state index in [1.807, 2.05) is 6.07 Å². The maximum atomic E-state index is 12.8. The average Bonchev–Trinajstić information content (AvgIpc) is 2.49. The summed E-state index contributed by atoms with van der Waals surface area (Å²) in [5, 5.41) is 8.90. The summed E-state index contributed by atoms with van der Waals surface area (Å²) in [6.45, 7) is 4.05. The van der Waals surface area contributed by atoms with E-state index in [4.69, 9.17) is 11.0 Å². The van der Waals surface area contributed by atoms with Crippen LogP contribution in [0.25, 0.3) is 0 Å². The van der Waals surface area contributed by atoms with Gasteiger partial charge in [0.25, 0.3) is 0 Å². The summed E-state index contributed by atoms with van der Waals surface area (Å²) >= 11 is 0. The topological polar surface area (TPSA) is 96.0 Å². The van der Waals surface area contributed by atoms with Gasteiger partial charge in [0.2, 0.25) is 10.0 Å². The Morgan fingerprint density at radius 3 is 2.65 bits per heavy atom. The number of nitrogens with zero attached hydrogens (tertiary/aromatic N) is 1. The van der Waals surface area contributed by atoms with Gasteiger partial charge in [0.05, 0.1) is 16.5 Å². The van der Waals surface area contributed by atoms with Crippen molar-refractivity contribution < 1.29 is 8.42 Å². The van der Waals surface area contributed by atoms with Gasteiger partial charge in [0.15, 0.2) is 0 Å². The quantitative estimate of drug-likeness (QED) is 0.865. The van der Waals surface area contributed by atoms with Crippen molar-refractivity contribution in [2.24, 2.45) is 11.7 Å². The van der Waals surface area contributed by atoms with Crippen LogP contribution in [-0.2, 0) is 10.0 Å². The SMILES string of the molecule is Cc1cc(C#N)ccc1S(=O)(=O)NC1(CN)CCCCC1C.Cl. The first-order valence-electron chi connectivity index (χ1n) is 7.59. The predicted octanol–water partition coefficient (Wildman–Crippen LogP) is 2.47. The first-order valence-corrected chi connectivity index (χ1v) is 9.08. The van der Waals surface area contributed by atoms with Crippen LogP contribution in [-0.4, -0.2) is 20.5 Å². The lowest BCUT2D eigenvalue weighted by Crippen LogP contribution is -2.59. The van der Waals surface area contributed by atoms with E-state index >= 15 is 0 Å². The Morgan fingerprint density at radius 2 is 2.13 bits per heavy atom. The predicted molar refractivity (Wildman–Crippen MR) is 92.9 cm³/mol. The molecule has 0 aliphatic heterocycles. The Morgan fingerprint density at radius 1 is 1.43 bits per heavy atom. The van der Waals surface area contributed by atoms with Crippen LogP contribution in [0.15, 0.2) is 23.1 Å². The Balaban J connectivity index is 0.00000264. The highest BCUT2D eigenvalue weighted by atomic mass is 35.5. The van der Waals surface area contributed by atoms with Crippen molar-refractivity contribution in [2.45, 2.75) is 50.0 Å². The molecule has 1 fully saturated rings. The second-order valence-corrected chi connectivity index (χ2v) is 7.86. The Labute approximate surface area is 144 Å². The second-order valence-electron chi connectivity index (χ2n) is 6.20. The zero-order valence-electron chi connectivity index (χ0n) is 13.5. The van der Waals surface area contributed by atoms with Crippen molar-refractivity contribution in [3.8, 4) is 6.07 Å². The van der Waals surface area contributed by atoms with Crippen LogP contribution in [0, 0.1) is 24.2 Å². The molecule has 0 radical (unpaired) electrons. The van der Waals surface area contributed by atoms with Crippen molar-refractivity contribution >= 4 is 22.4 Å². The number of hydrogen-bond donors (Lipinski definition) is 2. The van der Waals surface area contributed by atoms with Gasteiger partial charge in [-0.3, -0.25) is 0 Å². The number of benzene rings is 1. The summed E-state index contributed by atoms with van der Waals surface area (Å²) in [6.07, 6.45) is 3.84. The number of sulfonamides is 1. The molecule has 0 aromatic heterocycles. The van der Waals surface area contributed by atoms with Crippen LogP contribution in [0.3, 0.4) is 0 Å². The molecular formula is C16H24ClN3O2S. The van der Waals surface area contributed by atoms with Crippen LogP contribution in [0.4, 0.5) is 0 Å². The monoisotopic (exact) mass is 357 g/mol. The van der Waals surface area contributed by atoms with Gasteiger partial charge in [-0.25, -0.2) is 13.1 Å². The third-order valence-corrected chi connectivity index (χ3v) is 6.46. The fourth-order valence-electron chi connectivity index (χ4n) is 3.25. The Kier molecular flexibility index (Phi) is 6.60. The number of nitrogens with two attached hydrogens (primary N) is 1. The Bertz CT molecular complexity index is 700. The first-order chi connectivity index (χ1) is 10.3. The molecule has 0 bridgehead atoms. The third-order valence-electron chi connectivity index (χ3n) is 4.75. The molecule has 1 aromatic carbocycles. The summed E-state index contributed by atoms with van der Waals surface area (Å²) < 4.78 is 28.4. The number of hydrogen-bond acceptors (Lipinski definition) is 4. The molecule has 23 heavy (non-hydrogen) atoms. The molecule has 1 aromatic rings. The van der Waals surface area contributed by atoms with Crippen molar-refractivity contribution in [3.63, 3.8) is 0 Å². The minimum Gasteiger partial charge on any atom is -0.329 e. The molecule has 1 aliphatic carbocycles. The molecule has 0 saturated heterocycles. The van der Waals surface area contributed by atoms with E-state index in [1.54, 1.807) is 13.0 Å². The van der Waals surface area contributed by atoms with Gasteiger partial charge >= 0.3 is 0 Å². The van der Waals surface area contributed by atoms with Gasteiger partial charge in [0, 0.05) is 12.1 Å². The summed E-state index contributed by atoms with van der Waals surface area (Å²) in [5.41, 5.74) is 6.38. The molecule has 2 rings (SSSR count). The molecule has 0 spiro atoms. The molecule has 3 N–H and O–H groups in total. The molecule has 2 atom stereocenters. The standard InChI is InChI=1S/C16H23N3O2S.ClH/c1-12-9-14(10-17)6-7-15(12)22(20,21)19-16(11-18)8-4-3-5-13(16)2;/h6-7,9,13,19H,3-5,8,11,18H2,1-2H3;1H. The van der Waals surface area contributed by atoms with Gasteiger partial charge in [-0.15, -0.1) is 12.4 Å². The van der Waals surface area contributed by atoms with Crippen LogP contribution >= 0.6 is 12.4 Å². The van der Waals surface area contributed by atoms with Gasteiger partial charge in [0.1, 0.15) is 0 Å². The van der Waals surface area contributed by atoms with E-state index < -0.39 is 15.6 Å². The lowest BCUT2D eigenvalue weighted by Gasteiger charge is -2.42. The molecule has 1 aliphatic rings. The van der Waals surface area contributed by atoms with Crippen molar-refractivity contribution in [2.75, 3.05) is 6.54 Å². The van der Waals surface area contributed by atoms with E-state index in [0.717, 1.165) is 25.7 Å². The molecule has 2 unspecified atom stereocenters. The summed E-state index contributed by atoms with van der Waals surface area (Å²) in [5.74, 6) is 0.208. The zero-order valence-corrected chi connectivity index (χ0v) is 15.1. The highest BCUT2D eigenvalue weighted by Gasteiger charge is 2.40. The van der Waals surface area contributed by atoms with Gasteiger partial charge < -0.3 is 5.73 Å². The molecule has 0 heterocycles. The summed E-state index contributed by atoms with van der Waals surface area (Å²) in [6, 6.07) is 6.63. The normalized spacial score (nSPS) is 24.5. The fourth-order valence-corrected chi connectivity index (χ4v) is 5.01. The lowest BCUT2D eigenvalue weighted by atomic mass is 9.74. The lowest BCUT2D eigenvalue weighted by molar-refractivity contribution is 0.191. The van der Waals surface area contributed by atoms with E-state index in [-0.39, 0.29) is 23.2 Å². The maximum Gasteiger partial charge on any atom is 0.241 e. The van der Waals surface area contributed by atoms with E-state index in [1.165, 1.54) is 12.1 Å². The van der Waals surface area contributed by atoms with E-state index in [0.29, 0.717) is 17.7 Å². The highest BCUT2D eigenvalue weighted by molar-refractivity contribution is 7.89. The smallest absolute Gasteiger partial charge is 0.241 e. The van der Waals surface area contributed by atoms with Crippen LogP contribution in [0.5, 0.6) is 0 Å². The van der Waals surface area contributed by atoms with Crippen LogP contribution in [0.2, 0.25) is 0 Å². The number of nitrogens with one attached hydrogen (secondary N) is 1. The van der Waals surface area contributed by atoms with E-state index in [2.05, 4.69) is 11.6 Å². The van der Waals surface area contributed by atoms with Gasteiger partial charge in [-0.05, 0) is 49.4 Å². The molecular weight excluding hydrogens is 334 g/mol. The van der Waals surface area contributed by atoms with Crippen molar-refractivity contribution in [1.29, 1.82) is 5.26 Å². The maximum absolute atomic E-state index is 12.8.